The van der Waals surface area contributed by atoms with Crippen molar-refractivity contribution in [2.24, 2.45) is 18.9 Å². The third-order valence-corrected chi connectivity index (χ3v) is 7.92. The van der Waals surface area contributed by atoms with Crippen LogP contribution in [-0.2, 0) is 24.7 Å². The predicted octanol–water partition coefficient (Wildman–Crippen LogP) is 2.69. The molecular weight excluding hydrogens is 470 g/mol. The molecule has 34 heavy (non-hydrogen) atoms. The molecule has 2 heterocycles. The largest absolute Gasteiger partial charge is 0.359 e. The van der Waals surface area contributed by atoms with Crippen LogP contribution in [0.4, 0.5) is 10.8 Å². The highest BCUT2D eigenvalue weighted by Gasteiger charge is 2.34. The fourth-order valence-electron chi connectivity index (χ4n) is 4.22. The third kappa shape index (κ3) is 5.08. The first kappa shape index (κ1) is 22.8. The van der Waals surface area contributed by atoms with Gasteiger partial charge in [0.1, 0.15) is 16.9 Å². The lowest BCUT2D eigenvalue weighted by molar-refractivity contribution is -0.117. The Morgan fingerprint density at radius 3 is 2.74 bits per heavy atom. The van der Waals surface area contributed by atoms with Gasteiger partial charge in [-0.1, -0.05) is 0 Å². The second-order valence-electron chi connectivity index (χ2n) is 9.31. The zero-order valence-corrected chi connectivity index (χ0v) is 20.6. The van der Waals surface area contributed by atoms with Crippen LogP contribution in [0.1, 0.15) is 58.6 Å². The lowest BCUT2D eigenvalue weighted by atomic mass is 9.91. The molecule has 3 aliphatic carbocycles. The summed E-state index contributed by atoms with van der Waals surface area (Å²) in [7, 11) is 1.74. The Balaban J connectivity index is 1.30. The molecule has 2 aromatic heterocycles. The topological polar surface area (TPSA) is 124 Å². The van der Waals surface area contributed by atoms with Crippen molar-refractivity contribution in [3.8, 4) is 6.07 Å². The average Bonchev–Trinajstić information content (AvgIpc) is 3.73. The van der Waals surface area contributed by atoms with Crippen LogP contribution in [0.2, 0.25) is 0 Å². The first-order valence-electron chi connectivity index (χ1n) is 11.7. The molecule has 11 heteroatoms. The number of rotatable bonds is 7. The minimum atomic E-state index is -0.101. The Kier molecular flexibility index (Phi) is 6.27. The summed E-state index contributed by atoms with van der Waals surface area (Å²) in [6.07, 6.45) is 6.49. The number of carbonyl (C=O) groups is 2. The van der Waals surface area contributed by atoms with Crippen LogP contribution < -0.4 is 21.3 Å². The first-order valence-corrected chi connectivity index (χ1v) is 12.9. The molecule has 0 unspecified atom stereocenters. The van der Waals surface area contributed by atoms with E-state index in [1.54, 1.807) is 17.8 Å². The van der Waals surface area contributed by atoms with Crippen molar-refractivity contribution in [1.82, 2.24) is 20.4 Å². The number of anilines is 2. The highest BCUT2D eigenvalue weighted by atomic mass is 32.1. The Hall–Kier alpha value is -2.97. The molecule has 2 fully saturated rings. The van der Waals surface area contributed by atoms with Crippen LogP contribution in [0.5, 0.6) is 0 Å². The van der Waals surface area contributed by atoms with Gasteiger partial charge in [-0.3, -0.25) is 14.3 Å². The first-order chi connectivity index (χ1) is 16.4. The van der Waals surface area contributed by atoms with Crippen molar-refractivity contribution in [1.29, 1.82) is 5.26 Å². The van der Waals surface area contributed by atoms with Crippen molar-refractivity contribution in [2.45, 2.75) is 51.0 Å². The zero-order chi connectivity index (χ0) is 23.8. The van der Waals surface area contributed by atoms with Crippen molar-refractivity contribution in [3.63, 3.8) is 0 Å². The van der Waals surface area contributed by atoms with E-state index in [0.29, 0.717) is 46.1 Å². The maximum absolute atomic E-state index is 13.2. The number of nitrogens with one attached hydrogen (secondary N) is 4. The van der Waals surface area contributed by atoms with Crippen LogP contribution in [0.3, 0.4) is 0 Å². The number of hydrogen-bond donors (Lipinski definition) is 4. The van der Waals surface area contributed by atoms with E-state index in [2.05, 4.69) is 26.4 Å². The van der Waals surface area contributed by atoms with E-state index in [1.807, 2.05) is 6.07 Å². The molecule has 5 rings (SSSR count). The second kappa shape index (κ2) is 9.35. The van der Waals surface area contributed by atoms with Gasteiger partial charge in [-0.2, -0.15) is 10.4 Å². The molecule has 9 nitrogen and oxygen atoms in total. The van der Waals surface area contributed by atoms with E-state index in [4.69, 9.17) is 17.5 Å². The number of aromatic nitrogens is 2. The van der Waals surface area contributed by atoms with Crippen LogP contribution in [0, 0.1) is 23.2 Å². The number of carbonyl (C=O) groups excluding carboxylic acids is 2. The quantitative estimate of drug-likeness (QED) is 0.434. The summed E-state index contributed by atoms with van der Waals surface area (Å²) in [5.74, 6) is 1.20. The molecule has 0 radical (unpaired) electrons. The molecule has 0 spiro atoms. The highest BCUT2D eigenvalue weighted by Crippen LogP contribution is 2.40. The van der Waals surface area contributed by atoms with Crippen LogP contribution >= 0.6 is 23.6 Å². The van der Waals surface area contributed by atoms with Gasteiger partial charge < -0.3 is 21.3 Å². The fourth-order valence-corrected chi connectivity index (χ4v) is 5.73. The van der Waals surface area contributed by atoms with E-state index in [9.17, 15) is 9.59 Å². The SMILES string of the molecule is Cn1nc(C#N)cc1NC(=S)N[C@H]1CCc2sc(NC(=O)C3CC3)c(C(=O)NCC3CC3)c2C1. The van der Waals surface area contributed by atoms with Crippen LogP contribution in [0.25, 0.3) is 0 Å². The zero-order valence-electron chi connectivity index (χ0n) is 18.9. The number of aryl methyl sites for hydroxylation is 2. The highest BCUT2D eigenvalue weighted by molar-refractivity contribution is 7.80. The molecule has 0 aromatic carbocycles. The monoisotopic (exact) mass is 497 g/mol. The summed E-state index contributed by atoms with van der Waals surface area (Å²) in [5.41, 5.74) is 1.93. The van der Waals surface area contributed by atoms with Gasteiger partial charge in [0.25, 0.3) is 5.91 Å². The Morgan fingerprint density at radius 2 is 2.06 bits per heavy atom. The Labute approximate surface area is 207 Å². The van der Waals surface area contributed by atoms with Gasteiger partial charge in [0.2, 0.25) is 5.91 Å². The van der Waals surface area contributed by atoms with E-state index >= 15 is 0 Å². The molecule has 0 saturated heterocycles. The summed E-state index contributed by atoms with van der Waals surface area (Å²) in [4.78, 5) is 26.8. The standard InChI is InChI=1S/C23H27N7O2S2/c1-30-18(9-15(10-24)29-30)27-23(33)26-14-6-7-17-16(8-14)19(21(32)25-11-12-2-3-12)22(34-17)28-20(31)13-4-5-13/h9,12-14H,2-8,11H2,1H3,(H,25,32)(H,28,31)(H2,26,27,33)/t14-/m0/s1. The van der Waals surface area contributed by atoms with Gasteiger partial charge in [0, 0.05) is 36.5 Å². The van der Waals surface area contributed by atoms with Crippen molar-refractivity contribution in [3.05, 3.63) is 27.8 Å². The van der Waals surface area contributed by atoms with Crippen LogP contribution in [-0.4, -0.2) is 39.3 Å². The van der Waals surface area contributed by atoms with Gasteiger partial charge in [-0.25, -0.2) is 0 Å². The van der Waals surface area contributed by atoms with Crippen molar-refractivity contribution in [2.75, 3.05) is 17.2 Å². The summed E-state index contributed by atoms with van der Waals surface area (Å²) >= 11 is 7.03. The number of thiocarbonyl (C=S) groups is 1. The van der Waals surface area contributed by atoms with Gasteiger partial charge in [-0.15, -0.1) is 11.3 Å². The molecule has 3 aliphatic rings. The number of nitrogens with zero attached hydrogens (tertiary/aromatic N) is 3. The summed E-state index contributed by atoms with van der Waals surface area (Å²) in [6, 6.07) is 3.71. The maximum atomic E-state index is 13.2. The summed E-state index contributed by atoms with van der Waals surface area (Å²) < 4.78 is 1.57. The number of nitriles is 1. The van der Waals surface area contributed by atoms with E-state index in [-0.39, 0.29) is 23.8 Å². The maximum Gasteiger partial charge on any atom is 0.254 e. The smallest absolute Gasteiger partial charge is 0.254 e. The number of thiophene rings is 1. The third-order valence-electron chi connectivity index (χ3n) is 6.49. The molecule has 1 atom stereocenters. The molecule has 2 saturated carbocycles. The summed E-state index contributed by atoms with van der Waals surface area (Å²) in [5, 5.41) is 26.8. The van der Waals surface area contributed by atoms with E-state index in [1.165, 1.54) is 11.3 Å². The molecule has 0 aliphatic heterocycles. The van der Waals surface area contributed by atoms with E-state index in [0.717, 1.165) is 49.0 Å². The number of amides is 2. The minimum absolute atomic E-state index is 0.0165. The molecule has 0 bridgehead atoms. The lowest BCUT2D eigenvalue weighted by Crippen LogP contribution is -2.41. The van der Waals surface area contributed by atoms with Gasteiger partial charge in [-0.05, 0) is 68.6 Å². The molecular formula is C23H27N7O2S2. The van der Waals surface area contributed by atoms with Crippen molar-refractivity contribution >= 4 is 51.3 Å². The Morgan fingerprint density at radius 1 is 1.26 bits per heavy atom. The van der Waals surface area contributed by atoms with E-state index < -0.39 is 0 Å². The molecule has 2 aromatic rings. The van der Waals surface area contributed by atoms with Gasteiger partial charge >= 0.3 is 0 Å². The van der Waals surface area contributed by atoms with Crippen LogP contribution in [0.15, 0.2) is 6.07 Å². The van der Waals surface area contributed by atoms with Gasteiger partial charge in [0.15, 0.2) is 10.8 Å². The number of hydrogen-bond acceptors (Lipinski definition) is 6. The number of fused-ring (bicyclic) bond motifs is 1. The second-order valence-corrected chi connectivity index (χ2v) is 10.8. The summed E-state index contributed by atoms with van der Waals surface area (Å²) in [6.45, 7) is 0.685. The molecule has 178 valence electrons. The Bertz CT molecular complexity index is 1190. The fraction of sp³-hybridized carbons (Fsp3) is 0.522. The normalized spacial score (nSPS) is 19.0. The molecule has 4 N–H and O–H groups in total. The van der Waals surface area contributed by atoms with Crippen molar-refractivity contribution < 1.29 is 9.59 Å². The lowest BCUT2D eigenvalue weighted by Gasteiger charge is -2.25. The molecule has 2 amide bonds. The van der Waals surface area contributed by atoms with Gasteiger partial charge in [0.05, 0.1) is 5.56 Å². The minimum Gasteiger partial charge on any atom is -0.359 e. The predicted molar refractivity (Wildman–Crippen MR) is 134 cm³/mol. The average molecular weight is 498 g/mol.